The molecule has 2 rings (SSSR count). The van der Waals surface area contributed by atoms with Gasteiger partial charge in [0.15, 0.2) is 0 Å². The molecule has 0 radical (unpaired) electrons. The number of ether oxygens (including phenoxy) is 2. The van der Waals surface area contributed by atoms with Crippen molar-refractivity contribution >= 4 is 0 Å². The van der Waals surface area contributed by atoms with Crippen LogP contribution in [0.1, 0.15) is 20.3 Å². The average Bonchev–Trinajstić information content (AvgIpc) is 2.34. The molecule has 3 heteroatoms. The van der Waals surface area contributed by atoms with Gasteiger partial charge in [0.05, 0.1) is 7.11 Å². The number of hydrogen-bond donors (Lipinski definition) is 1. The summed E-state index contributed by atoms with van der Waals surface area (Å²) in [6, 6.07) is 8.32. The largest absolute Gasteiger partial charge is 0.497 e. The van der Waals surface area contributed by atoms with Crippen molar-refractivity contribution in [2.24, 2.45) is 5.41 Å². The molecule has 1 fully saturated rings. The summed E-state index contributed by atoms with van der Waals surface area (Å²) in [4.78, 5) is 0. The smallest absolute Gasteiger partial charge is 0.120 e. The van der Waals surface area contributed by atoms with E-state index in [4.69, 9.17) is 9.47 Å². The van der Waals surface area contributed by atoms with Gasteiger partial charge in [-0.15, -0.1) is 0 Å². The van der Waals surface area contributed by atoms with Gasteiger partial charge in [-0.25, -0.2) is 0 Å². The highest BCUT2D eigenvalue weighted by Crippen LogP contribution is 2.42. The molecule has 2 atom stereocenters. The summed E-state index contributed by atoms with van der Waals surface area (Å²) in [5, 5.41) is 3.33. The van der Waals surface area contributed by atoms with Gasteiger partial charge in [-0.3, -0.25) is 0 Å². The van der Waals surface area contributed by atoms with Crippen molar-refractivity contribution in [2.45, 2.75) is 32.4 Å². The second kappa shape index (κ2) is 4.57. The molecular weight excluding hydrogens is 214 g/mol. The molecule has 0 spiro atoms. The molecule has 0 amide bonds. The van der Waals surface area contributed by atoms with Crippen LogP contribution in [-0.2, 0) is 0 Å². The fourth-order valence-electron chi connectivity index (χ4n) is 2.39. The van der Waals surface area contributed by atoms with E-state index in [0.29, 0.717) is 6.04 Å². The molecule has 1 aromatic rings. The maximum atomic E-state index is 6.00. The maximum absolute atomic E-state index is 6.00. The van der Waals surface area contributed by atoms with Gasteiger partial charge >= 0.3 is 0 Å². The van der Waals surface area contributed by atoms with Crippen LogP contribution in [0.2, 0.25) is 0 Å². The van der Waals surface area contributed by atoms with E-state index >= 15 is 0 Å². The third-order valence-electron chi connectivity index (χ3n) is 3.86. The Morgan fingerprint density at radius 1 is 1.18 bits per heavy atom. The van der Waals surface area contributed by atoms with Crippen LogP contribution in [0.5, 0.6) is 11.5 Å². The summed E-state index contributed by atoms with van der Waals surface area (Å²) in [6.45, 7) is 4.48. The van der Waals surface area contributed by atoms with Gasteiger partial charge in [0.25, 0.3) is 0 Å². The molecule has 17 heavy (non-hydrogen) atoms. The van der Waals surface area contributed by atoms with Crippen LogP contribution < -0.4 is 14.8 Å². The second-order valence-electron chi connectivity index (χ2n) is 5.18. The lowest BCUT2D eigenvalue weighted by atomic mass is 9.64. The van der Waals surface area contributed by atoms with E-state index in [0.717, 1.165) is 17.9 Å². The number of nitrogens with one attached hydrogen (secondary N) is 1. The maximum Gasteiger partial charge on any atom is 0.120 e. The first-order chi connectivity index (χ1) is 8.07. The van der Waals surface area contributed by atoms with E-state index < -0.39 is 0 Å². The molecule has 1 saturated carbocycles. The minimum atomic E-state index is 0.189. The van der Waals surface area contributed by atoms with E-state index in [1.54, 1.807) is 7.11 Å². The van der Waals surface area contributed by atoms with E-state index in [-0.39, 0.29) is 11.5 Å². The Labute approximate surface area is 103 Å². The molecule has 1 aromatic carbocycles. The summed E-state index contributed by atoms with van der Waals surface area (Å²) in [5.74, 6) is 1.77. The number of methoxy groups -OCH3 is 1. The van der Waals surface area contributed by atoms with Crippen molar-refractivity contribution in [1.82, 2.24) is 5.32 Å². The zero-order valence-corrected chi connectivity index (χ0v) is 11.0. The summed E-state index contributed by atoms with van der Waals surface area (Å²) < 4.78 is 11.1. The first kappa shape index (κ1) is 12.2. The lowest BCUT2D eigenvalue weighted by Crippen LogP contribution is -2.61. The Morgan fingerprint density at radius 3 is 2.24 bits per heavy atom. The minimum absolute atomic E-state index is 0.189. The normalized spacial score (nSPS) is 26.1. The molecule has 94 valence electrons. The zero-order valence-electron chi connectivity index (χ0n) is 11.0. The number of hydrogen-bond acceptors (Lipinski definition) is 3. The SMILES string of the molecule is CNC1CC(Oc2ccc(OC)cc2)C1(C)C. The number of benzene rings is 1. The quantitative estimate of drug-likeness (QED) is 0.869. The number of rotatable bonds is 4. The molecule has 1 aliphatic rings. The highest BCUT2D eigenvalue weighted by atomic mass is 16.5. The highest BCUT2D eigenvalue weighted by molar-refractivity contribution is 5.31. The first-order valence-corrected chi connectivity index (χ1v) is 6.06. The molecule has 0 bridgehead atoms. The fraction of sp³-hybridized carbons (Fsp3) is 0.571. The predicted octanol–water partition coefficient (Wildman–Crippen LogP) is 2.46. The molecule has 1 aliphatic carbocycles. The van der Waals surface area contributed by atoms with Gasteiger partial charge in [-0.05, 0) is 31.3 Å². The molecular formula is C14H21NO2. The molecule has 1 N–H and O–H groups in total. The van der Waals surface area contributed by atoms with Gasteiger partial charge < -0.3 is 14.8 Å². The summed E-state index contributed by atoms with van der Waals surface area (Å²) in [7, 11) is 3.68. The topological polar surface area (TPSA) is 30.5 Å². The minimum Gasteiger partial charge on any atom is -0.497 e. The van der Waals surface area contributed by atoms with Crippen molar-refractivity contribution in [3.8, 4) is 11.5 Å². The lowest BCUT2D eigenvalue weighted by Gasteiger charge is -2.51. The molecule has 0 saturated heterocycles. The Hall–Kier alpha value is -1.22. The van der Waals surface area contributed by atoms with Crippen LogP contribution in [0.4, 0.5) is 0 Å². The van der Waals surface area contributed by atoms with Crippen molar-refractivity contribution in [2.75, 3.05) is 14.2 Å². The third kappa shape index (κ3) is 2.25. The van der Waals surface area contributed by atoms with Gasteiger partial charge in [0.1, 0.15) is 17.6 Å². The van der Waals surface area contributed by atoms with Crippen molar-refractivity contribution in [1.29, 1.82) is 0 Å². The van der Waals surface area contributed by atoms with E-state index in [1.165, 1.54) is 0 Å². The van der Waals surface area contributed by atoms with Crippen LogP contribution in [0.15, 0.2) is 24.3 Å². The summed E-state index contributed by atoms with van der Waals surface area (Å²) in [6.07, 6.45) is 1.35. The summed E-state index contributed by atoms with van der Waals surface area (Å²) >= 11 is 0. The van der Waals surface area contributed by atoms with Gasteiger partial charge in [0.2, 0.25) is 0 Å². The molecule has 0 heterocycles. The van der Waals surface area contributed by atoms with Crippen LogP contribution in [0, 0.1) is 5.41 Å². The van der Waals surface area contributed by atoms with Crippen LogP contribution in [0.25, 0.3) is 0 Å². The average molecular weight is 235 g/mol. The van der Waals surface area contributed by atoms with Gasteiger partial charge in [0, 0.05) is 17.9 Å². The molecule has 2 unspecified atom stereocenters. The van der Waals surface area contributed by atoms with E-state index in [9.17, 15) is 0 Å². The third-order valence-corrected chi connectivity index (χ3v) is 3.86. The highest BCUT2D eigenvalue weighted by Gasteiger charge is 2.49. The fourth-order valence-corrected chi connectivity index (χ4v) is 2.39. The van der Waals surface area contributed by atoms with Crippen molar-refractivity contribution in [3.63, 3.8) is 0 Å². The lowest BCUT2D eigenvalue weighted by molar-refractivity contribution is -0.0520. The predicted molar refractivity (Wildman–Crippen MR) is 68.7 cm³/mol. The second-order valence-corrected chi connectivity index (χ2v) is 5.18. The zero-order chi connectivity index (χ0) is 12.5. The standard InChI is InChI=1S/C14H21NO2/c1-14(2)12(15-3)9-13(14)17-11-7-5-10(16-4)6-8-11/h5-8,12-13,15H,9H2,1-4H3. The van der Waals surface area contributed by atoms with E-state index in [1.807, 2.05) is 31.3 Å². The Balaban J connectivity index is 1.98. The van der Waals surface area contributed by atoms with Crippen molar-refractivity contribution in [3.05, 3.63) is 24.3 Å². The van der Waals surface area contributed by atoms with Crippen LogP contribution in [0.3, 0.4) is 0 Å². The van der Waals surface area contributed by atoms with Crippen molar-refractivity contribution < 1.29 is 9.47 Å². The monoisotopic (exact) mass is 235 g/mol. The molecule has 0 aromatic heterocycles. The van der Waals surface area contributed by atoms with Gasteiger partial charge in [-0.1, -0.05) is 13.8 Å². The first-order valence-electron chi connectivity index (χ1n) is 6.06. The van der Waals surface area contributed by atoms with Gasteiger partial charge in [-0.2, -0.15) is 0 Å². The molecule has 3 nitrogen and oxygen atoms in total. The summed E-state index contributed by atoms with van der Waals surface area (Å²) in [5.41, 5.74) is 0.189. The molecule has 0 aliphatic heterocycles. The van der Waals surface area contributed by atoms with Crippen LogP contribution >= 0.6 is 0 Å². The van der Waals surface area contributed by atoms with E-state index in [2.05, 4.69) is 19.2 Å². The Bertz CT molecular complexity index is 372. The Morgan fingerprint density at radius 2 is 1.76 bits per heavy atom. The Kier molecular flexibility index (Phi) is 3.29. The van der Waals surface area contributed by atoms with Crippen LogP contribution in [-0.4, -0.2) is 26.3 Å².